The van der Waals surface area contributed by atoms with Crippen LogP contribution in [0.15, 0.2) is 12.7 Å². The highest BCUT2D eigenvalue weighted by atomic mass is 16.3. The molecule has 3 heteroatoms. The number of primary amides is 1. The highest BCUT2D eigenvalue weighted by Crippen LogP contribution is 1.81. The minimum Gasteiger partial charge on any atom is -0.393 e. The third-order valence-corrected chi connectivity index (χ3v) is 0.792. The lowest BCUT2D eigenvalue weighted by atomic mass is 10.3. The normalized spacial score (nSPS) is 10.7. The van der Waals surface area contributed by atoms with Gasteiger partial charge in [-0.2, -0.15) is 0 Å². The molecule has 0 aliphatic heterocycles. The summed E-state index contributed by atoms with van der Waals surface area (Å²) < 4.78 is 0. The number of hydrogen-bond donors (Lipinski definition) is 2. The maximum Gasteiger partial charge on any atom is 0.240 e. The SMILES string of the molecule is C=CC(N)=O.CCC(C)O. The van der Waals surface area contributed by atoms with Crippen molar-refractivity contribution in [1.29, 1.82) is 0 Å². The fourth-order valence-corrected chi connectivity index (χ4v) is 0. The Morgan fingerprint density at radius 1 is 1.90 bits per heavy atom. The Morgan fingerprint density at radius 2 is 2.10 bits per heavy atom. The van der Waals surface area contributed by atoms with Crippen LogP contribution in [0.2, 0.25) is 0 Å². The van der Waals surface area contributed by atoms with E-state index in [2.05, 4.69) is 12.3 Å². The second-order valence-electron chi connectivity index (χ2n) is 1.86. The summed E-state index contributed by atoms with van der Waals surface area (Å²) in [7, 11) is 0. The summed E-state index contributed by atoms with van der Waals surface area (Å²) in [6, 6.07) is 0. The van der Waals surface area contributed by atoms with E-state index < -0.39 is 5.91 Å². The Balaban J connectivity index is 0. The zero-order valence-corrected chi connectivity index (χ0v) is 6.50. The number of carbonyl (C=O) groups is 1. The molecular weight excluding hydrogens is 130 g/mol. The van der Waals surface area contributed by atoms with Crippen LogP contribution < -0.4 is 5.73 Å². The van der Waals surface area contributed by atoms with Crippen molar-refractivity contribution in [3.05, 3.63) is 12.7 Å². The Kier molecular flexibility index (Phi) is 9.73. The van der Waals surface area contributed by atoms with Gasteiger partial charge in [-0.05, 0) is 19.4 Å². The van der Waals surface area contributed by atoms with Crippen LogP contribution in [0.25, 0.3) is 0 Å². The predicted molar refractivity (Wildman–Crippen MR) is 41.4 cm³/mol. The lowest BCUT2D eigenvalue weighted by Crippen LogP contribution is -2.04. The maximum absolute atomic E-state index is 9.47. The Labute approximate surface area is 61.5 Å². The molecule has 1 atom stereocenters. The molecule has 3 N–H and O–H groups in total. The first kappa shape index (κ1) is 11.9. The molecule has 1 unspecified atom stereocenters. The van der Waals surface area contributed by atoms with Crippen LogP contribution in [-0.2, 0) is 4.79 Å². The quantitative estimate of drug-likeness (QED) is 0.553. The van der Waals surface area contributed by atoms with E-state index in [9.17, 15) is 4.79 Å². The summed E-state index contributed by atoms with van der Waals surface area (Å²) >= 11 is 0. The van der Waals surface area contributed by atoms with Gasteiger partial charge in [0.2, 0.25) is 5.91 Å². The van der Waals surface area contributed by atoms with Crippen LogP contribution in [0.4, 0.5) is 0 Å². The number of nitrogens with two attached hydrogens (primary N) is 1. The third-order valence-electron chi connectivity index (χ3n) is 0.792. The van der Waals surface area contributed by atoms with Gasteiger partial charge in [0, 0.05) is 0 Å². The molecule has 0 aliphatic carbocycles. The molecule has 0 aromatic heterocycles. The summed E-state index contributed by atoms with van der Waals surface area (Å²) in [5.74, 6) is -0.481. The van der Waals surface area contributed by atoms with Gasteiger partial charge in [0.05, 0.1) is 6.10 Å². The highest BCUT2D eigenvalue weighted by Gasteiger charge is 1.81. The van der Waals surface area contributed by atoms with Gasteiger partial charge in [0.1, 0.15) is 0 Å². The second kappa shape index (κ2) is 8.17. The molecule has 0 aliphatic rings. The van der Waals surface area contributed by atoms with Crippen LogP contribution >= 0.6 is 0 Å². The van der Waals surface area contributed by atoms with Gasteiger partial charge in [-0.15, -0.1) is 0 Å². The van der Waals surface area contributed by atoms with Crippen molar-refractivity contribution >= 4 is 5.91 Å². The van der Waals surface area contributed by atoms with Crippen molar-refractivity contribution in [3.8, 4) is 0 Å². The molecule has 0 radical (unpaired) electrons. The zero-order valence-electron chi connectivity index (χ0n) is 6.50. The number of rotatable bonds is 2. The average molecular weight is 145 g/mol. The molecule has 0 aromatic rings. The van der Waals surface area contributed by atoms with Gasteiger partial charge in [-0.3, -0.25) is 4.79 Å². The summed E-state index contributed by atoms with van der Waals surface area (Å²) in [4.78, 5) is 9.47. The summed E-state index contributed by atoms with van der Waals surface area (Å²) in [5, 5.41) is 8.36. The van der Waals surface area contributed by atoms with E-state index in [1.54, 1.807) is 6.92 Å². The number of aliphatic hydroxyl groups excluding tert-OH is 1. The first-order valence-corrected chi connectivity index (χ1v) is 3.14. The van der Waals surface area contributed by atoms with Crippen LogP contribution in [-0.4, -0.2) is 17.1 Å². The van der Waals surface area contributed by atoms with E-state index in [4.69, 9.17) is 5.11 Å². The molecule has 0 spiro atoms. The molecule has 10 heavy (non-hydrogen) atoms. The fourth-order valence-electron chi connectivity index (χ4n) is 0. The number of aliphatic hydroxyl groups is 1. The Bertz CT molecular complexity index is 99.8. The van der Waals surface area contributed by atoms with Gasteiger partial charge in [-0.25, -0.2) is 0 Å². The minimum absolute atomic E-state index is 0.116. The Hall–Kier alpha value is -0.830. The molecule has 0 bridgehead atoms. The van der Waals surface area contributed by atoms with Crippen LogP contribution in [0, 0.1) is 0 Å². The molecule has 3 nitrogen and oxygen atoms in total. The van der Waals surface area contributed by atoms with Gasteiger partial charge < -0.3 is 10.8 Å². The largest absolute Gasteiger partial charge is 0.393 e. The molecule has 1 amide bonds. The lowest BCUT2D eigenvalue weighted by Gasteiger charge is -1.90. The first-order valence-electron chi connectivity index (χ1n) is 3.14. The van der Waals surface area contributed by atoms with Gasteiger partial charge >= 0.3 is 0 Å². The van der Waals surface area contributed by atoms with Crippen molar-refractivity contribution in [3.63, 3.8) is 0 Å². The number of carbonyl (C=O) groups excluding carboxylic acids is 1. The van der Waals surface area contributed by atoms with E-state index in [1.807, 2.05) is 6.92 Å². The van der Waals surface area contributed by atoms with Crippen molar-refractivity contribution in [1.82, 2.24) is 0 Å². The fraction of sp³-hybridized carbons (Fsp3) is 0.571. The van der Waals surface area contributed by atoms with Gasteiger partial charge in [-0.1, -0.05) is 13.5 Å². The molecule has 0 rings (SSSR count). The highest BCUT2D eigenvalue weighted by molar-refractivity contribution is 5.84. The third kappa shape index (κ3) is 27.2. The van der Waals surface area contributed by atoms with E-state index >= 15 is 0 Å². The molecule has 0 aromatic carbocycles. The predicted octanol–water partition coefficient (Wildman–Crippen LogP) is 0.435. The van der Waals surface area contributed by atoms with E-state index in [1.165, 1.54) is 0 Å². The van der Waals surface area contributed by atoms with Crippen molar-refractivity contribution in [2.24, 2.45) is 5.73 Å². The molecular formula is C7H15NO2. The molecule has 0 saturated heterocycles. The standard InChI is InChI=1S/C4H10O.C3H5NO/c1-3-4(2)5;1-2-3(4)5/h4-5H,3H2,1-2H3;2H,1H2,(H2,4,5). The molecule has 0 fully saturated rings. The number of hydrogen-bond acceptors (Lipinski definition) is 2. The van der Waals surface area contributed by atoms with Crippen LogP contribution in [0.3, 0.4) is 0 Å². The number of amides is 1. The summed E-state index contributed by atoms with van der Waals surface area (Å²) in [6.45, 7) is 6.81. The van der Waals surface area contributed by atoms with Crippen LogP contribution in [0.5, 0.6) is 0 Å². The smallest absolute Gasteiger partial charge is 0.240 e. The summed E-state index contributed by atoms with van der Waals surface area (Å²) in [6.07, 6.45) is 1.80. The lowest BCUT2D eigenvalue weighted by molar-refractivity contribution is -0.113. The van der Waals surface area contributed by atoms with Gasteiger partial charge in [0.15, 0.2) is 0 Å². The molecule has 0 saturated carbocycles. The monoisotopic (exact) mass is 145 g/mol. The second-order valence-corrected chi connectivity index (χ2v) is 1.86. The Morgan fingerprint density at radius 3 is 2.10 bits per heavy atom. The van der Waals surface area contributed by atoms with E-state index in [0.717, 1.165) is 12.5 Å². The van der Waals surface area contributed by atoms with Crippen LogP contribution in [0.1, 0.15) is 20.3 Å². The maximum atomic E-state index is 9.47. The summed E-state index contributed by atoms with van der Waals surface area (Å²) in [5.41, 5.74) is 4.53. The van der Waals surface area contributed by atoms with E-state index in [-0.39, 0.29) is 6.10 Å². The minimum atomic E-state index is -0.481. The van der Waals surface area contributed by atoms with Gasteiger partial charge in [0.25, 0.3) is 0 Å². The van der Waals surface area contributed by atoms with Crippen molar-refractivity contribution < 1.29 is 9.90 Å². The zero-order chi connectivity index (χ0) is 8.57. The molecule has 0 heterocycles. The molecule has 60 valence electrons. The first-order chi connectivity index (χ1) is 4.54. The van der Waals surface area contributed by atoms with Crippen molar-refractivity contribution in [2.75, 3.05) is 0 Å². The average Bonchev–Trinajstić information content (AvgIpc) is 1.89. The topological polar surface area (TPSA) is 63.3 Å². The van der Waals surface area contributed by atoms with E-state index in [0.29, 0.717) is 0 Å². The van der Waals surface area contributed by atoms with Crippen molar-refractivity contribution in [2.45, 2.75) is 26.4 Å².